The van der Waals surface area contributed by atoms with Crippen molar-refractivity contribution >= 4 is 6.34 Å². The molecule has 2 aliphatic rings. The predicted octanol–water partition coefficient (Wildman–Crippen LogP) is -0.508. The minimum absolute atomic E-state index is 0.0686. The van der Waals surface area contributed by atoms with Crippen molar-refractivity contribution in [3.63, 3.8) is 0 Å². The van der Waals surface area contributed by atoms with E-state index in [1.807, 2.05) is 6.20 Å². The quantitative estimate of drug-likeness (QED) is 0.472. The van der Waals surface area contributed by atoms with Gasteiger partial charge in [0.1, 0.15) is 6.17 Å². The molecule has 1 atom stereocenters. The minimum Gasteiger partial charge on any atom is -0.387 e. The van der Waals surface area contributed by atoms with E-state index in [-0.39, 0.29) is 6.17 Å². The largest absolute Gasteiger partial charge is 0.387 e. The summed E-state index contributed by atoms with van der Waals surface area (Å²) in [6, 6.07) is 0. The molecule has 0 aliphatic carbocycles. The van der Waals surface area contributed by atoms with Crippen LogP contribution in [0.15, 0.2) is 28.9 Å². The van der Waals surface area contributed by atoms with E-state index in [0.717, 1.165) is 12.1 Å². The normalized spacial score (nSPS) is 27.6. The standard InChI is InChI=1S/C7H10N4/c1-2-6(4-8-3-1)7-9-5-10-11-7/h1-2,4-5,7-8,11H,3H2,(H,9,10). The van der Waals surface area contributed by atoms with E-state index in [4.69, 9.17) is 0 Å². The van der Waals surface area contributed by atoms with Crippen LogP contribution in [0.3, 0.4) is 0 Å². The van der Waals surface area contributed by atoms with E-state index in [0.29, 0.717) is 0 Å². The summed E-state index contributed by atoms with van der Waals surface area (Å²) >= 11 is 0. The van der Waals surface area contributed by atoms with Crippen LogP contribution in [-0.4, -0.2) is 19.0 Å². The summed E-state index contributed by atoms with van der Waals surface area (Å²) in [5.74, 6) is 0. The van der Waals surface area contributed by atoms with Crippen molar-refractivity contribution in [1.82, 2.24) is 16.2 Å². The van der Waals surface area contributed by atoms with Crippen LogP contribution >= 0.6 is 0 Å². The first kappa shape index (κ1) is 6.42. The number of nitrogens with zero attached hydrogens (tertiary/aromatic N) is 1. The summed E-state index contributed by atoms with van der Waals surface area (Å²) in [4.78, 5) is 4.15. The van der Waals surface area contributed by atoms with E-state index in [9.17, 15) is 0 Å². The third-order valence-corrected chi connectivity index (χ3v) is 1.64. The van der Waals surface area contributed by atoms with Crippen LogP contribution < -0.4 is 16.2 Å². The molecule has 2 aliphatic heterocycles. The third-order valence-electron chi connectivity index (χ3n) is 1.64. The number of rotatable bonds is 1. The van der Waals surface area contributed by atoms with E-state index in [1.165, 1.54) is 0 Å². The number of hydrogen-bond donors (Lipinski definition) is 3. The summed E-state index contributed by atoms with van der Waals surface area (Å²) < 4.78 is 0. The van der Waals surface area contributed by atoms with Crippen LogP contribution in [0.4, 0.5) is 0 Å². The fourth-order valence-electron chi connectivity index (χ4n) is 1.09. The molecule has 0 aromatic carbocycles. The molecule has 0 fully saturated rings. The van der Waals surface area contributed by atoms with Crippen LogP contribution in [0.25, 0.3) is 0 Å². The Balaban J connectivity index is 2.08. The zero-order valence-electron chi connectivity index (χ0n) is 6.04. The van der Waals surface area contributed by atoms with Crippen molar-refractivity contribution in [3.8, 4) is 0 Å². The highest BCUT2D eigenvalue weighted by Crippen LogP contribution is 2.07. The molecule has 0 spiro atoms. The van der Waals surface area contributed by atoms with Crippen molar-refractivity contribution < 1.29 is 0 Å². The van der Waals surface area contributed by atoms with Gasteiger partial charge in [-0.2, -0.15) is 0 Å². The molecule has 2 rings (SSSR count). The molecule has 3 N–H and O–H groups in total. The maximum absolute atomic E-state index is 4.15. The molecule has 11 heavy (non-hydrogen) atoms. The zero-order chi connectivity index (χ0) is 7.52. The Morgan fingerprint density at radius 1 is 1.55 bits per heavy atom. The zero-order valence-corrected chi connectivity index (χ0v) is 6.04. The van der Waals surface area contributed by atoms with Gasteiger partial charge in [0.2, 0.25) is 0 Å². The molecular weight excluding hydrogens is 140 g/mol. The van der Waals surface area contributed by atoms with Gasteiger partial charge in [-0.1, -0.05) is 12.2 Å². The van der Waals surface area contributed by atoms with Gasteiger partial charge in [0.15, 0.2) is 0 Å². The minimum atomic E-state index is 0.0686. The summed E-state index contributed by atoms with van der Waals surface area (Å²) in [7, 11) is 0. The van der Waals surface area contributed by atoms with E-state index < -0.39 is 0 Å². The lowest BCUT2D eigenvalue weighted by molar-refractivity contribution is 0.613. The van der Waals surface area contributed by atoms with Gasteiger partial charge in [-0.05, 0) is 0 Å². The van der Waals surface area contributed by atoms with Crippen molar-refractivity contribution in [2.45, 2.75) is 6.17 Å². The Morgan fingerprint density at radius 2 is 2.55 bits per heavy atom. The Bertz CT molecular complexity index is 229. The second-order valence-corrected chi connectivity index (χ2v) is 2.42. The number of hydrazine groups is 1. The maximum atomic E-state index is 4.15. The molecule has 0 amide bonds. The Kier molecular flexibility index (Phi) is 1.61. The first-order chi connectivity index (χ1) is 5.47. The van der Waals surface area contributed by atoms with Crippen LogP contribution in [0.1, 0.15) is 0 Å². The molecule has 58 valence electrons. The van der Waals surface area contributed by atoms with E-state index in [1.54, 1.807) is 6.34 Å². The van der Waals surface area contributed by atoms with Crippen molar-refractivity contribution in [2.75, 3.05) is 6.54 Å². The molecule has 0 saturated heterocycles. The van der Waals surface area contributed by atoms with Gasteiger partial charge < -0.3 is 10.7 Å². The van der Waals surface area contributed by atoms with Crippen LogP contribution in [0.2, 0.25) is 0 Å². The number of dihydropyridines is 1. The molecular formula is C7H10N4. The second kappa shape index (κ2) is 2.75. The highest BCUT2D eigenvalue weighted by Gasteiger charge is 2.13. The van der Waals surface area contributed by atoms with E-state index >= 15 is 0 Å². The topological polar surface area (TPSA) is 48.5 Å². The summed E-state index contributed by atoms with van der Waals surface area (Å²) in [5, 5.41) is 3.12. The Labute approximate surface area is 65.1 Å². The highest BCUT2D eigenvalue weighted by atomic mass is 15.5. The first-order valence-corrected chi connectivity index (χ1v) is 3.59. The second-order valence-electron chi connectivity index (χ2n) is 2.42. The van der Waals surface area contributed by atoms with Gasteiger partial charge in [-0.3, -0.25) is 0 Å². The number of nitrogens with one attached hydrogen (secondary N) is 3. The molecule has 4 heteroatoms. The summed E-state index contributed by atoms with van der Waals surface area (Å²) in [5.41, 5.74) is 6.97. The Morgan fingerprint density at radius 3 is 3.18 bits per heavy atom. The molecule has 0 aromatic heterocycles. The Hall–Kier alpha value is -1.29. The van der Waals surface area contributed by atoms with Crippen LogP contribution in [0, 0.1) is 0 Å². The lowest BCUT2D eigenvalue weighted by Crippen LogP contribution is -2.33. The van der Waals surface area contributed by atoms with Crippen molar-refractivity contribution in [1.29, 1.82) is 0 Å². The van der Waals surface area contributed by atoms with Crippen LogP contribution in [0.5, 0.6) is 0 Å². The molecule has 2 heterocycles. The van der Waals surface area contributed by atoms with Gasteiger partial charge in [-0.15, -0.1) is 0 Å². The summed E-state index contributed by atoms with van der Waals surface area (Å²) in [6.45, 7) is 0.910. The molecule has 0 bridgehead atoms. The third kappa shape index (κ3) is 1.25. The predicted molar refractivity (Wildman–Crippen MR) is 43.8 cm³/mol. The number of hydrogen-bond acceptors (Lipinski definition) is 4. The summed E-state index contributed by atoms with van der Waals surface area (Å²) in [6.07, 6.45) is 7.85. The van der Waals surface area contributed by atoms with Gasteiger partial charge >= 0.3 is 0 Å². The SMILES string of the molecule is C1=CC(C2N=CNN2)=CNC1. The smallest absolute Gasteiger partial charge is 0.144 e. The van der Waals surface area contributed by atoms with Gasteiger partial charge in [0, 0.05) is 18.3 Å². The lowest BCUT2D eigenvalue weighted by Gasteiger charge is -2.12. The number of aliphatic imine (C=N–C) groups is 1. The average molecular weight is 150 g/mol. The molecule has 4 nitrogen and oxygen atoms in total. The lowest BCUT2D eigenvalue weighted by atomic mass is 10.2. The maximum Gasteiger partial charge on any atom is 0.144 e. The molecule has 0 aromatic rings. The first-order valence-electron chi connectivity index (χ1n) is 3.59. The van der Waals surface area contributed by atoms with Gasteiger partial charge in [0.05, 0.1) is 6.34 Å². The van der Waals surface area contributed by atoms with Crippen molar-refractivity contribution in [3.05, 3.63) is 23.9 Å². The van der Waals surface area contributed by atoms with Crippen LogP contribution in [-0.2, 0) is 0 Å². The fourth-order valence-corrected chi connectivity index (χ4v) is 1.09. The monoisotopic (exact) mass is 150 g/mol. The molecule has 1 unspecified atom stereocenters. The van der Waals surface area contributed by atoms with Gasteiger partial charge in [0.25, 0.3) is 0 Å². The fraction of sp³-hybridized carbons (Fsp3) is 0.286. The van der Waals surface area contributed by atoms with E-state index in [2.05, 4.69) is 33.3 Å². The average Bonchev–Trinajstić information content (AvgIpc) is 2.58. The van der Waals surface area contributed by atoms with Crippen molar-refractivity contribution in [2.24, 2.45) is 4.99 Å². The molecule has 0 saturated carbocycles. The highest BCUT2D eigenvalue weighted by molar-refractivity contribution is 5.57. The van der Waals surface area contributed by atoms with Gasteiger partial charge in [-0.25, -0.2) is 10.4 Å². The molecule has 0 radical (unpaired) electrons.